The molecule has 1 heterocycles. The number of carbonyl (C=O) groups is 1. The van der Waals surface area contributed by atoms with E-state index in [1.54, 1.807) is 0 Å². The molecule has 104 valence electrons. The van der Waals surface area contributed by atoms with Crippen LogP contribution in [0.25, 0.3) is 0 Å². The van der Waals surface area contributed by atoms with Crippen LogP contribution in [0.2, 0.25) is 0 Å². The largest absolute Gasteiger partial charge is 0.378 e. The number of carbonyl (C=O) groups excluding carboxylic acids is 1. The monoisotopic (exact) mass is 254 g/mol. The normalized spacial score (nSPS) is 36.3. The summed E-state index contributed by atoms with van der Waals surface area (Å²) in [6, 6.07) is 0.153. The number of piperidine rings is 1. The number of amides is 1. The Hall–Kier alpha value is -0.610. The minimum Gasteiger partial charge on any atom is -0.378 e. The van der Waals surface area contributed by atoms with Crippen LogP contribution < -0.4 is 5.73 Å². The molecule has 2 unspecified atom stereocenters. The zero-order valence-corrected chi connectivity index (χ0v) is 11.6. The third kappa shape index (κ3) is 3.23. The summed E-state index contributed by atoms with van der Waals surface area (Å²) >= 11 is 0. The highest BCUT2D eigenvalue weighted by Crippen LogP contribution is 2.33. The zero-order valence-electron chi connectivity index (χ0n) is 11.6. The third-order valence-corrected chi connectivity index (χ3v) is 4.43. The lowest BCUT2D eigenvalue weighted by Gasteiger charge is -2.38. The Bertz CT molecular complexity index is 290. The molecule has 4 nitrogen and oxygen atoms in total. The summed E-state index contributed by atoms with van der Waals surface area (Å²) in [7, 11) is 0. The number of rotatable bonds is 4. The van der Waals surface area contributed by atoms with E-state index >= 15 is 0 Å². The first-order valence-electron chi connectivity index (χ1n) is 7.25. The molecule has 2 rings (SSSR count). The topological polar surface area (TPSA) is 55.6 Å². The second kappa shape index (κ2) is 6.02. The second-order valence-electron chi connectivity index (χ2n) is 5.89. The van der Waals surface area contributed by atoms with Crippen molar-refractivity contribution >= 4 is 5.91 Å². The summed E-state index contributed by atoms with van der Waals surface area (Å²) in [5.74, 6) is 1.36. The SMILES string of the molecule is CCOC1CC(CC(=O)N2CCC(C)C(N)C2)C1. The molecule has 0 spiro atoms. The molecule has 4 heteroatoms. The molecule has 2 fully saturated rings. The lowest BCUT2D eigenvalue weighted by molar-refractivity contribution is -0.136. The van der Waals surface area contributed by atoms with Crippen molar-refractivity contribution in [3.63, 3.8) is 0 Å². The van der Waals surface area contributed by atoms with Gasteiger partial charge in [-0.25, -0.2) is 0 Å². The van der Waals surface area contributed by atoms with Crippen molar-refractivity contribution in [2.45, 2.75) is 51.7 Å². The van der Waals surface area contributed by atoms with Gasteiger partial charge in [-0.1, -0.05) is 6.92 Å². The standard InChI is InChI=1S/C14H26N2O2/c1-3-18-12-6-11(7-12)8-14(17)16-5-4-10(2)13(15)9-16/h10-13H,3-9,15H2,1-2H3. The molecule has 0 aromatic carbocycles. The Kier molecular flexibility index (Phi) is 4.62. The summed E-state index contributed by atoms with van der Waals surface area (Å²) in [6.45, 7) is 6.60. The number of ether oxygens (including phenoxy) is 1. The molecular formula is C14H26N2O2. The molecule has 0 bridgehead atoms. The van der Waals surface area contributed by atoms with E-state index < -0.39 is 0 Å². The van der Waals surface area contributed by atoms with Crippen LogP contribution in [-0.2, 0) is 9.53 Å². The van der Waals surface area contributed by atoms with E-state index in [1.807, 2.05) is 11.8 Å². The van der Waals surface area contributed by atoms with Gasteiger partial charge in [-0.05, 0) is 38.0 Å². The Morgan fingerprint density at radius 1 is 1.44 bits per heavy atom. The quantitative estimate of drug-likeness (QED) is 0.825. The Labute approximate surface area is 110 Å². The molecule has 2 aliphatic rings. The fraction of sp³-hybridized carbons (Fsp3) is 0.929. The highest BCUT2D eigenvalue weighted by atomic mass is 16.5. The van der Waals surface area contributed by atoms with Crippen molar-refractivity contribution in [1.82, 2.24) is 4.90 Å². The molecule has 2 N–H and O–H groups in total. The second-order valence-corrected chi connectivity index (χ2v) is 5.89. The van der Waals surface area contributed by atoms with Crippen LogP contribution in [0.1, 0.15) is 39.5 Å². The van der Waals surface area contributed by atoms with Gasteiger partial charge < -0.3 is 15.4 Å². The van der Waals surface area contributed by atoms with Crippen molar-refractivity contribution in [2.75, 3.05) is 19.7 Å². The number of nitrogens with two attached hydrogens (primary N) is 1. The van der Waals surface area contributed by atoms with E-state index in [4.69, 9.17) is 10.5 Å². The van der Waals surface area contributed by atoms with Crippen LogP contribution in [0.15, 0.2) is 0 Å². The lowest BCUT2D eigenvalue weighted by Crippen LogP contribution is -2.50. The first kappa shape index (κ1) is 13.8. The van der Waals surface area contributed by atoms with Gasteiger partial charge in [-0.2, -0.15) is 0 Å². The van der Waals surface area contributed by atoms with Gasteiger partial charge in [0.25, 0.3) is 0 Å². The van der Waals surface area contributed by atoms with Crippen molar-refractivity contribution < 1.29 is 9.53 Å². The van der Waals surface area contributed by atoms with Crippen molar-refractivity contribution in [2.24, 2.45) is 17.6 Å². The maximum absolute atomic E-state index is 12.1. The van der Waals surface area contributed by atoms with Gasteiger partial charge >= 0.3 is 0 Å². The van der Waals surface area contributed by atoms with Crippen LogP contribution in [0.3, 0.4) is 0 Å². The van der Waals surface area contributed by atoms with Crippen molar-refractivity contribution in [3.8, 4) is 0 Å². The van der Waals surface area contributed by atoms with E-state index in [0.29, 0.717) is 24.4 Å². The summed E-state index contributed by atoms with van der Waals surface area (Å²) in [5.41, 5.74) is 6.03. The van der Waals surface area contributed by atoms with E-state index in [9.17, 15) is 4.79 Å². The number of likely N-dealkylation sites (tertiary alicyclic amines) is 1. The molecule has 0 radical (unpaired) electrons. The summed E-state index contributed by atoms with van der Waals surface area (Å²) in [6.07, 6.45) is 4.23. The predicted molar refractivity (Wildman–Crippen MR) is 71.1 cm³/mol. The van der Waals surface area contributed by atoms with Crippen molar-refractivity contribution in [3.05, 3.63) is 0 Å². The molecule has 1 amide bonds. The van der Waals surface area contributed by atoms with E-state index in [-0.39, 0.29) is 11.9 Å². The van der Waals surface area contributed by atoms with Crippen molar-refractivity contribution in [1.29, 1.82) is 0 Å². The smallest absolute Gasteiger partial charge is 0.222 e. The first-order chi connectivity index (χ1) is 8.60. The molecule has 0 aromatic heterocycles. The Morgan fingerprint density at radius 3 is 2.78 bits per heavy atom. The number of nitrogens with zero attached hydrogens (tertiary/aromatic N) is 1. The highest BCUT2D eigenvalue weighted by Gasteiger charge is 2.33. The minimum atomic E-state index is 0.153. The molecule has 1 saturated carbocycles. The summed E-state index contributed by atoms with van der Waals surface area (Å²) in [4.78, 5) is 14.1. The average molecular weight is 254 g/mol. The fourth-order valence-electron chi connectivity index (χ4n) is 2.91. The van der Waals surface area contributed by atoms with Gasteiger partial charge in [0.05, 0.1) is 6.10 Å². The van der Waals surface area contributed by atoms with Gasteiger partial charge in [0, 0.05) is 32.2 Å². The molecule has 2 atom stereocenters. The van der Waals surface area contributed by atoms with Gasteiger partial charge in [-0.3, -0.25) is 4.79 Å². The summed E-state index contributed by atoms with van der Waals surface area (Å²) < 4.78 is 5.52. The van der Waals surface area contributed by atoms with E-state index in [0.717, 1.165) is 39.0 Å². The lowest BCUT2D eigenvalue weighted by atomic mass is 9.79. The zero-order chi connectivity index (χ0) is 13.1. The molecule has 1 saturated heterocycles. The molecule has 18 heavy (non-hydrogen) atoms. The Balaban J connectivity index is 1.70. The predicted octanol–water partition coefficient (Wildman–Crippen LogP) is 1.39. The minimum absolute atomic E-state index is 0.153. The van der Waals surface area contributed by atoms with Crippen LogP contribution in [0.5, 0.6) is 0 Å². The van der Waals surface area contributed by atoms with Gasteiger partial charge in [0.1, 0.15) is 0 Å². The molecule has 1 aliphatic carbocycles. The average Bonchev–Trinajstić information content (AvgIpc) is 2.30. The highest BCUT2D eigenvalue weighted by molar-refractivity contribution is 5.76. The number of hydrogen-bond donors (Lipinski definition) is 1. The Morgan fingerprint density at radius 2 is 2.17 bits per heavy atom. The first-order valence-corrected chi connectivity index (χ1v) is 7.25. The van der Waals surface area contributed by atoms with E-state index in [2.05, 4.69) is 6.92 Å². The van der Waals surface area contributed by atoms with Crippen LogP contribution >= 0.6 is 0 Å². The molecular weight excluding hydrogens is 228 g/mol. The van der Waals surface area contributed by atoms with Crippen LogP contribution in [-0.4, -0.2) is 42.6 Å². The van der Waals surface area contributed by atoms with Crippen LogP contribution in [0, 0.1) is 11.8 Å². The third-order valence-electron chi connectivity index (χ3n) is 4.43. The van der Waals surface area contributed by atoms with Gasteiger partial charge in [0.2, 0.25) is 5.91 Å². The molecule has 1 aliphatic heterocycles. The fourth-order valence-corrected chi connectivity index (χ4v) is 2.91. The van der Waals surface area contributed by atoms with Gasteiger partial charge in [-0.15, -0.1) is 0 Å². The maximum Gasteiger partial charge on any atom is 0.222 e. The summed E-state index contributed by atoms with van der Waals surface area (Å²) in [5, 5.41) is 0. The van der Waals surface area contributed by atoms with E-state index in [1.165, 1.54) is 0 Å². The maximum atomic E-state index is 12.1. The van der Waals surface area contributed by atoms with Crippen LogP contribution in [0.4, 0.5) is 0 Å². The molecule has 0 aromatic rings. The number of hydrogen-bond acceptors (Lipinski definition) is 3. The van der Waals surface area contributed by atoms with Gasteiger partial charge in [0.15, 0.2) is 0 Å².